The van der Waals surface area contributed by atoms with Gasteiger partial charge in [0.1, 0.15) is 5.56 Å². The summed E-state index contributed by atoms with van der Waals surface area (Å²) in [5.41, 5.74) is 1.57. The second-order valence-electron chi connectivity index (χ2n) is 4.55. The van der Waals surface area contributed by atoms with Crippen molar-refractivity contribution >= 4 is 22.6 Å². The first-order chi connectivity index (χ1) is 9.69. The summed E-state index contributed by atoms with van der Waals surface area (Å²) < 4.78 is 0. The number of carboxylic acids is 1. The lowest BCUT2D eigenvalue weighted by Crippen LogP contribution is -2.29. The Morgan fingerprint density at radius 3 is 2.70 bits per heavy atom. The molecule has 2 aromatic rings. The molecule has 0 saturated carbocycles. The molecule has 0 saturated heterocycles. The Bertz CT molecular complexity index is 607. The molecule has 0 aliphatic heterocycles. The average Bonchev–Trinajstić information content (AvgIpc) is 2.45. The number of aromatic carboxylic acids is 1. The molecule has 2 N–H and O–H groups in total. The number of nitrogens with zero attached hydrogens (tertiary/aromatic N) is 2. The second kappa shape index (κ2) is 6.34. The van der Waals surface area contributed by atoms with Crippen LogP contribution >= 0.6 is 0 Å². The number of aromatic nitrogens is 1. The smallest absolute Gasteiger partial charge is 0.339 e. The third-order valence-electron chi connectivity index (χ3n) is 3.16. The molecular formula is C15H18N2O3. The molecule has 0 unspecified atom stereocenters. The average molecular weight is 274 g/mol. The summed E-state index contributed by atoms with van der Waals surface area (Å²) in [5, 5.41) is 19.4. The number of rotatable bonds is 6. The van der Waals surface area contributed by atoms with Gasteiger partial charge in [-0.25, -0.2) is 4.79 Å². The van der Waals surface area contributed by atoms with Crippen LogP contribution in [-0.2, 0) is 0 Å². The van der Waals surface area contributed by atoms with Gasteiger partial charge in [0.2, 0.25) is 0 Å². The SMILES string of the molecule is CCCN(CCO)c1c(C(=O)O)cnc2ccccc12. The molecule has 5 nitrogen and oxygen atoms in total. The zero-order valence-corrected chi connectivity index (χ0v) is 11.4. The molecule has 1 aromatic carbocycles. The van der Waals surface area contributed by atoms with Crippen LogP contribution in [0.1, 0.15) is 23.7 Å². The van der Waals surface area contributed by atoms with Gasteiger partial charge in [-0.2, -0.15) is 0 Å². The molecule has 0 aliphatic carbocycles. The predicted octanol–water partition coefficient (Wildman–Crippen LogP) is 2.14. The van der Waals surface area contributed by atoms with E-state index in [1.54, 1.807) is 0 Å². The Balaban J connectivity index is 2.67. The van der Waals surface area contributed by atoms with Crippen LogP contribution in [-0.4, -0.2) is 40.9 Å². The Hall–Kier alpha value is -2.14. The van der Waals surface area contributed by atoms with Crippen molar-refractivity contribution in [2.75, 3.05) is 24.6 Å². The molecule has 0 atom stereocenters. The number of para-hydroxylation sites is 1. The van der Waals surface area contributed by atoms with Crippen LogP contribution in [0, 0.1) is 0 Å². The Labute approximate surface area is 117 Å². The number of aliphatic hydroxyl groups excluding tert-OH is 1. The lowest BCUT2D eigenvalue weighted by Gasteiger charge is -2.26. The van der Waals surface area contributed by atoms with E-state index >= 15 is 0 Å². The lowest BCUT2D eigenvalue weighted by molar-refractivity contribution is 0.0697. The number of pyridine rings is 1. The van der Waals surface area contributed by atoms with Crippen LogP contribution in [0.2, 0.25) is 0 Å². The highest BCUT2D eigenvalue weighted by molar-refractivity contribution is 6.04. The summed E-state index contributed by atoms with van der Waals surface area (Å²) in [6.07, 6.45) is 2.26. The van der Waals surface area contributed by atoms with Gasteiger partial charge in [0.15, 0.2) is 0 Å². The maximum Gasteiger partial charge on any atom is 0.339 e. The molecule has 5 heteroatoms. The van der Waals surface area contributed by atoms with Crippen molar-refractivity contribution in [3.05, 3.63) is 36.0 Å². The monoisotopic (exact) mass is 274 g/mol. The van der Waals surface area contributed by atoms with E-state index in [1.807, 2.05) is 36.1 Å². The molecule has 0 bridgehead atoms. The minimum absolute atomic E-state index is 0.0181. The molecule has 1 heterocycles. The van der Waals surface area contributed by atoms with Crippen LogP contribution in [0.25, 0.3) is 10.9 Å². The van der Waals surface area contributed by atoms with Gasteiger partial charge in [-0.05, 0) is 12.5 Å². The van der Waals surface area contributed by atoms with Crippen LogP contribution in [0.3, 0.4) is 0 Å². The zero-order valence-electron chi connectivity index (χ0n) is 11.4. The Morgan fingerprint density at radius 1 is 1.30 bits per heavy atom. The molecule has 0 radical (unpaired) electrons. The highest BCUT2D eigenvalue weighted by atomic mass is 16.4. The fourth-order valence-electron chi connectivity index (χ4n) is 2.35. The summed E-state index contributed by atoms with van der Waals surface area (Å²) in [5.74, 6) is -1.00. The zero-order chi connectivity index (χ0) is 14.5. The van der Waals surface area contributed by atoms with Crippen LogP contribution in [0.4, 0.5) is 5.69 Å². The van der Waals surface area contributed by atoms with Crippen molar-refractivity contribution in [3.63, 3.8) is 0 Å². The van der Waals surface area contributed by atoms with E-state index in [-0.39, 0.29) is 12.2 Å². The number of hydrogen-bond acceptors (Lipinski definition) is 4. The molecule has 0 spiro atoms. The van der Waals surface area contributed by atoms with Crippen molar-refractivity contribution in [2.24, 2.45) is 0 Å². The van der Waals surface area contributed by atoms with Gasteiger partial charge in [-0.1, -0.05) is 25.1 Å². The highest BCUT2D eigenvalue weighted by Crippen LogP contribution is 2.29. The van der Waals surface area contributed by atoms with Crippen LogP contribution in [0.15, 0.2) is 30.5 Å². The summed E-state index contributed by atoms with van der Waals surface area (Å²) in [6.45, 7) is 3.10. The number of hydrogen-bond donors (Lipinski definition) is 2. The van der Waals surface area contributed by atoms with E-state index in [4.69, 9.17) is 0 Å². The van der Waals surface area contributed by atoms with Crippen molar-refractivity contribution in [1.82, 2.24) is 4.98 Å². The number of aliphatic hydroxyl groups is 1. The predicted molar refractivity (Wildman–Crippen MR) is 78.3 cm³/mol. The van der Waals surface area contributed by atoms with Crippen LogP contribution < -0.4 is 4.90 Å². The molecule has 106 valence electrons. The van der Waals surface area contributed by atoms with E-state index in [2.05, 4.69) is 4.98 Å². The van der Waals surface area contributed by atoms with Crippen molar-refractivity contribution < 1.29 is 15.0 Å². The van der Waals surface area contributed by atoms with Gasteiger partial charge in [-0.3, -0.25) is 4.98 Å². The molecule has 0 aliphatic rings. The first kappa shape index (κ1) is 14.3. The first-order valence-corrected chi connectivity index (χ1v) is 6.65. The maximum absolute atomic E-state index is 11.4. The maximum atomic E-state index is 11.4. The standard InChI is InChI=1S/C15H18N2O3/c1-2-7-17(8-9-18)14-11-5-3-4-6-13(11)16-10-12(14)15(19)20/h3-6,10,18H,2,7-9H2,1H3,(H,19,20). The molecule has 1 aromatic heterocycles. The fraction of sp³-hybridized carbons (Fsp3) is 0.333. The van der Waals surface area contributed by atoms with E-state index in [1.165, 1.54) is 6.20 Å². The van der Waals surface area contributed by atoms with E-state index in [0.717, 1.165) is 17.3 Å². The molecule has 20 heavy (non-hydrogen) atoms. The van der Waals surface area contributed by atoms with Crippen LogP contribution in [0.5, 0.6) is 0 Å². The van der Waals surface area contributed by atoms with Gasteiger partial charge in [0, 0.05) is 24.7 Å². The van der Waals surface area contributed by atoms with Gasteiger partial charge in [0.05, 0.1) is 17.8 Å². The lowest BCUT2D eigenvalue weighted by atomic mass is 10.1. The van der Waals surface area contributed by atoms with Crippen molar-refractivity contribution in [3.8, 4) is 0 Å². The van der Waals surface area contributed by atoms with Crippen molar-refractivity contribution in [1.29, 1.82) is 0 Å². The number of fused-ring (bicyclic) bond motifs is 1. The number of benzene rings is 1. The number of anilines is 1. The molecule has 0 amide bonds. The third kappa shape index (κ3) is 2.72. The molecule has 0 fully saturated rings. The third-order valence-corrected chi connectivity index (χ3v) is 3.16. The van der Waals surface area contributed by atoms with Crippen molar-refractivity contribution in [2.45, 2.75) is 13.3 Å². The van der Waals surface area contributed by atoms with Gasteiger partial charge in [-0.15, -0.1) is 0 Å². The Kier molecular flexibility index (Phi) is 4.53. The Morgan fingerprint density at radius 2 is 2.05 bits per heavy atom. The summed E-state index contributed by atoms with van der Waals surface area (Å²) in [6, 6.07) is 7.45. The minimum Gasteiger partial charge on any atom is -0.478 e. The fourth-order valence-corrected chi connectivity index (χ4v) is 2.35. The molecular weight excluding hydrogens is 256 g/mol. The number of carboxylic acid groups (broad SMARTS) is 1. The van der Waals surface area contributed by atoms with Gasteiger partial charge >= 0.3 is 5.97 Å². The van der Waals surface area contributed by atoms with Gasteiger partial charge < -0.3 is 15.1 Å². The van der Waals surface area contributed by atoms with E-state index in [0.29, 0.717) is 18.8 Å². The highest BCUT2D eigenvalue weighted by Gasteiger charge is 2.19. The first-order valence-electron chi connectivity index (χ1n) is 6.65. The van der Waals surface area contributed by atoms with E-state index in [9.17, 15) is 15.0 Å². The number of carbonyl (C=O) groups is 1. The second-order valence-corrected chi connectivity index (χ2v) is 4.55. The normalized spacial score (nSPS) is 10.7. The van der Waals surface area contributed by atoms with Gasteiger partial charge in [0.25, 0.3) is 0 Å². The minimum atomic E-state index is -1.00. The summed E-state index contributed by atoms with van der Waals surface area (Å²) in [4.78, 5) is 17.6. The quantitative estimate of drug-likeness (QED) is 0.844. The summed E-state index contributed by atoms with van der Waals surface area (Å²) in [7, 11) is 0. The largest absolute Gasteiger partial charge is 0.478 e. The topological polar surface area (TPSA) is 73.7 Å². The molecule has 2 rings (SSSR count). The summed E-state index contributed by atoms with van der Waals surface area (Å²) >= 11 is 0. The van der Waals surface area contributed by atoms with E-state index < -0.39 is 5.97 Å².